The number of rotatable bonds is 2. The Morgan fingerprint density at radius 2 is 1.91 bits per heavy atom. The van der Waals surface area contributed by atoms with Crippen molar-refractivity contribution < 1.29 is 15.2 Å². The average molecular weight is 162 g/mol. The Balaban J connectivity index is 0. The highest BCUT2D eigenvalue weighted by Gasteiger charge is 1.86. The van der Waals surface area contributed by atoms with Crippen molar-refractivity contribution >= 4 is 6.09 Å². The summed E-state index contributed by atoms with van der Waals surface area (Å²) in [5, 5.41) is 11.9. The third-order valence-electron chi connectivity index (χ3n) is 1.19. The number of hydrogen-bond acceptors (Lipinski definition) is 2. The molecule has 0 aromatic heterocycles. The van der Waals surface area contributed by atoms with Crippen LogP contribution < -0.4 is 10.4 Å². The van der Waals surface area contributed by atoms with Crippen LogP contribution in [0.25, 0.3) is 0 Å². The summed E-state index contributed by atoms with van der Waals surface area (Å²) >= 11 is 0. The summed E-state index contributed by atoms with van der Waals surface area (Å²) < 4.78 is 0. The van der Waals surface area contributed by atoms with E-state index in [1.54, 1.807) is 6.92 Å². The van der Waals surface area contributed by atoms with Gasteiger partial charge in [0.05, 0.1) is 13.6 Å². The maximum atomic E-state index is 9.75. The number of quaternary nitrogens is 1. The van der Waals surface area contributed by atoms with Gasteiger partial charge in [-0.15, -0.1) is 0 Å². The van der Waals surface area contributed by atoms with Gasteiger partial charge in [0.2, 0.25) is 0 Å². The van der Waals surface area contributed by atoms with E-state index in [2.05, 4.69) is 19.3 Å². The molecule has 0 saturated carbocycles. The van der Waals surface area contributed by atoms with Gasteiger partial charge in [-0.3, -0.25) is 0 Å². The lowest BCUT2D eigenvalue weighted by atomic mass is 10.7. The molecule has 4 heteroatoms. The quantitative estimate of drug-likeness (QED) is 0.536. The van der Waals surface area contributed by atoms with Gasteiger partial charge in [0.1, 0.15) is 6.09 Å². The minimum absolute atomic E-state index is 0.488. The molecule has 0 unspecified atom stereocenters. The number of amides is 1. The summed E-state index contributed by atoms with van der Waals surface area (Å²) in [6, 6.07) is 0. The molecule has 0 aliphatic rings. The minimum Gasteiger partial charge on any atom is -0.530 e. The summed E-state index contributed by atoms with van der Waals surface area (Å²) in [4.78, 5) is 10.8. The summed E-state index contributed by atoms with van der Waals surface area (Å²) in [6.07, 6.45) is -1.12. The first-order valence-corrected chi connectivity index (χ1v) is 3.80. The van der Waals surface area contributed by atoms with Crippen molar-refractivity contribution in [2.45, 2.75) is 13.8 Å². The van der Waals surface area contributed by atoms with E-state index in [0.717, 1.165) is 4.90 Å². The molecule has 0 radical (unpaired) electrons. The molecule has 0 aromatic rings. The van der Waals surface area contributed by atoms with E-state index in [1.165, 1.54) is 13.6 Å². The van der Waals surface area contributed by atoms with Gasteiger partial charge in [-0.2, -0.15) is 0 Å². The van der Waals surface area contributed by atoms with Gasteiger partial charge in [-0.25, -0.2) is 0 Å². The zero-order chi connectivity index (χ0) is 9.28. The van der Waals surface area contributed by atoms with Gasteiger partial charge >= 0.3 is 0 Å². The second kappa shape index (κ2) is 9.23. The number of carboxylic acid groups (broad SMARTS) is 1. The van der Waals surface area contributed by atoms with Gasteiger partial charge in [-0.05, 0) is 13.8 Å². The number of carbonyl (C=O) groups excluding carboxylic acids is 1. The SMILES string of the molecule is CCN(C)C(=O)[O-].CC[NH2+]C. The highest BCUT2D eigenvalue weighted by atomic mass is 16.4. The second-order valence-electron chi connectivity index (χ2n) is 2.10. The number of nitrogens with two attached hydrogens (primary N) is 1. The minimum atomic E-state index is -1.12. The van der Waals surface area contributed by atoms with Gasteiger partial charge < -0.3 is 20.1 Å². The maximum Gasteiger partial charge on any atom is 0.136 e. The third-order valence-corrected chi connectivity index (χ3v) is 1.19. The van der Waals surface area contributed by atoms with Crippen LogP contribution in [0.3, 0.4) is 0 Å². The summed E-state index contributed by atoms with van der Waals surface area (Å²) in [6.45, 7) is 5.55. The van der Waals surface area contributed by atoms with Crippen molar-refractivity contribution in [3.63, 3.8) is 0 Å². The number of hydrogen-bond donors (Lipinski definition) is 1. The first-order valence-electron chi connectivity index (χ1n) is 3.80. The first kappa shape index (κ1) is 12.9. The van der Waals surface area contributed by atoms with Gasteiger partial charge in [0.15, 0.2) is 0 Å². The normalized spacial score (nSPS) is 8.00. The van der Waals surface area contributed by atoms with E-state index in [-0.39, 0.29) is 0 Å². The Bertz CT molecular complexity index is 94.4. The van der Waals surface area contributed by atoms with Crippen LogP contribution in [0.1, 0.15) is 13.8 Å². The lowest BCUT2D eigenvalue weighted by Crippen LogP contribution is -2.78. The van der Waals surface area contributed by atoms with Gasteiger partial charge in [-0.1, -0.05) is 0 Å². The second-order valence-corrected chi connectivity index (χ2v) is 2.10. The Morgan fingerprint density at radius 1 is 1.55 bits per heavy atom. The Morgan fingerprint density at radius 3 is 1.91 bits per heavy atom. The van der Waals surface area contributed by atoms with Gasteiger partial charge in [0, 0.05) is 13.6 Å². The molecule has 0 fully saturated rings. The van der Waals surface area contributed by atoms with E-state index in [9.17, 15) is 9.90 Å². The molecule has 0 spiro atoms. The summed E-state index contributed by atoms with van der Waals surface area (Å²) in [5.74, 6) is 0. The van der Waals surface area contributed by atoms with Crippen LogP contribution in [0.15, 0.2) is 0 Å². The molecular weight excluding hydrogens is 144 g/mol. The molecule has 0 atom stereocenters. The molecule has 0 saturated heterocycles. The molecule has 0 bridgehead atoms. The number of carbonyl (C=O) groups is 1. The predicted molar refractivity (Wildman–Crippen MR) is 42.1 cm³/mol. The summed E-state index contributed by atoms with van der Waals surface area (Å²) in [5.41, 5.74) is 0. The van der Waals surface area contributed by atoms with E-state index in [0.29, 0.717) is 6.54 Å². The molecule has 4 nitrogen and oxygen atoms in total. The van der Waals surface area contributed by atoms with Crippen LogP contribution in [0.5, 0.6) is 0 Å². The summed E-state index contributed by atoms with van der Waals surface area (Å²) in [7, 11) is 3.52. The zero-order valence-electron chi connectivity index (χ0n) is 7.76. The van der Waals surface area contributed by atoms with Gasteiger partial charge in [0.25, 0.3) is 0 Å². The van der Waals surface area contributed by atoms with Crippen molar-refractivity contribution in [1.29, 1.82) is 0 Å². The van der Waals surface area contributed by atoms with Crippen molar-refractivity contribution in [3.05, 3.63) is 0 Å². The monoisotopic (exact) mass is 162 g/mol. The molecule has 0 rings (SSSR count). The molecule has 68 valence electrons. The molecule has 0 aromatic carbocycles. The lowest BCUT2D eigenvalue weighted by molar-refractivity contribution is -0.623. The lowest BCUT2D eigenvalue weighted by Gasteiger charge is -2.15. The molecule has 0 aliphatic carbocycles. The van der Waals surface area contributed by atoms with Crippen molar-refractivity contribution in [1.82, 2.24) is 4.90 Å². The predicted octanol–water partition coefficient (Wildman–Crippen LogP) is -1.52. The zero-order valence-corrected chi connectivity index (χ0v) is 7.76. The molecular formula is C7H18N2O2. The van der Waals surface area contributed by atoms with E-state index in [1.807, 2.05) is 0 Å². The third kappa shape index (κ3) is 12.4. The fourth-order valence-corrected chi connectivity index (χ4v) is 0.129. The first-order chi connectivity index (χ1) is 5.09. The van der Waals surface area contributed by atoms with Crippen molar-refractivity contribution in [3.8, 4) is 0 Å². The average Bonchev–Trinajstić information content (AvgIpc) is 2.03. The molecule has 1 amide bonds. The highest BCUT2D eigenvalue weighted by Crippen LogP contribution is 1.74. The molecule has 0 aliphatic heterocycles. The Labute approximate surface area is 68.2 Å². The molecule has 11 heavy (non-hydrogen) atoms. The van der Waals surface area contributed by atoms with Crippen LogP contribution in [0, 0.1) is 0 Å². The van der Waals surface area contributed by atoms with E-state index in [4.69, 9.17) is 0 Å². The topological polar surface area (TPSA) is 60.0 Å². The van der Waals surface area contributed by atoms with Crippen LogP contribution in [-0.2, 0) is 0 Å². The fourth-order valence-electron chi connectivity index (χ4n) is 0.129. The Kier molecular flexibility index (Phi) is 10.8. The molecule has 0 heterocycles. The number of nitrogens with zero attached hydrogens (tertiary/aromatic N) is 1. The fraction of sp³-hybridized carbons (Fsp3) is 0.857. The maximum absolute atomic E-state index is 9.75. The van der Waals surface area contributed by atoms with Crippen LogP contribution >= 0.6 is 0 Å². The highest BCUT2D eigenvalue weighted by molar-refractivity contribution is 5.61. The Hall–Kier alpha value is -0.770. The largest absolute Gasteiger partial charge is 0.530 e. The standard InChI is InChI=1S/C4H9NO2.C3H9N/c1-3-5(2)4(6)7;1-3-4-2/h3H2,1-2H3,(H,6,7);4H,3H2,1-2H3. The van der Waals surface area contributed by atoms with Crippen molar-refractivity contribution in [2.24, 2.45) is 0 Å². The van der Waals surface area contributed by atoms with Crippen LogP contribution in [-0.4, -0.2) is 38.2 Å². The van der Waals surface area contributed by atoms with Crippen LogP contribution in [0.4, 0.5) is 4.79 Å². The molecule has 2 N–H and O–H groups in total. The van der Waals surface area contributed by atoms with Crippen molar-refractivity contribution in [2.75, 3.05) is 27.2 Å². The van der Waals surface area contributed by atoms with E-state index < -0.39 is 6.09 Å². The van der Waals surface area contributed by atoms with E-state index >= 15 is 0 Å². The smallest absolute Gasteiger partial charge is 0.136 e. The van der Waals surface area contributed by atoms with Crippen LogP contribution in [0.2, 0.25) is 0 Å².